The number of nitrogens with zero attached hydrogens (tertiary/aromatic N) is 2. The highest BCUT2D eigenvalue weighted by Crippen LogP contribution is 2.32. The van der Waals surface area contributed by atoms with E-state index in [4.69, 9.17) is 5.26 Å². The SMILES string of the molecule is Cc1ccc(-c2c(C#N)cn(C)c2Br)cc1. The van der Waals surface area contributed by atoms with Crippen LogP contribution in [0.1, 0.15) is 11.1 Å². The number of halogens is 1. The molecule has 1 aromatic heterocycles. The average Bonchev–Trinajstić information content (AvgIpc) is 2.57. The molecule has 0 atom stereocenters. The van der Waals surface area contributed by atoms with Crippen molar-refractivity contribution in [2.24, 2.45) is 7.05 Å². The van der Waals surface area contributed by atoms with Crippen molar-refractivity contribution in [2.75, 3.05) is 0 Å². The highest BCUT2D eigenvalue weighted by Gasteiger charge is 2.13. The van der Waals surface area contributed by atoms with Crippen molar-refractivity contribution in [1.82, 2.24) is 4.57 Å². The predicted molar refractivity (Wildman–Crippen MR) is 68.0 cm³/mol. The van der Waals surface area contributed by atoms with Gasteiger partial charge in [0, 0.05) is 18.8 Å². The van der Waals surface area contributed by atoms with E-state index in [2.05, 4.69) is 41.1 Å². The molecule has 0 spiro atoms. The number of aromatic nitrogens is 1. The lowest BCUT2D eigenvalue weighted by Crippen LogP contribution is -1.84. The van der Waals surface area contributed by atoms with Crippen LogP contribution >= 0.6 is 15.9 Å². The standard InChI is InChI=1S/C13H11BrN2/c1-9-3-5-10(6-4-9)12-11(7-15)8-16(2)13(12)14/h3-6,8H,1-2H3. The highest BCUT2D eigenvalue weighted by atomic mass is 79.9. The summed E-state index contributed by atoms with van der Waals surface area (Å²) in [6.07, 6.45) is 1.83. The third kappa shape index (κ3) is 1.77. The maximum absolute atomic E-state index is 9.09. The summed E-state index contributed by atoms with van der Waals surface area (Å²) in [5.74, 6) is 0. The van der Waals surface area contributed by atoms with Crippen LogP contribution in [0, 0.1) is 18.3 Å². The van der Waals surface area contributed by atoms with Crippen molar-refractivity contribution in [3.63, 3.8) is 0 Å². The maximum atomic E-state index is 9.09. The Balaban J connectivity index is 2.64. The normalized spacial score (nSPS) is 10.1. The monoisotopic (exact) mass is 274 g/mol. The van der Waals surface area contributed by atoms with Crippen LogP contribution in [0.5, 0.6) is 0 Å². The number of aryl methyl sites for hydroxylation is 2. The van der Waals surface area contributed by atoms with E-state index < -0.39 is 0 Å². The molecule has 0 N–H and O–H groups in total. The molecule has 0 amide bonds. The Kier molecular flexibility index (Phi) is 2.84. The van der Waals surface area contributed by atoms with Gasteiger partial charge >= 0.3 is 0 Å². The van der Waals surface area contributed by atoms with Gasteiger partial charge in [0.05, 0.1) is 10.2 Å². The van der Waals surface area contributed by atoms with Gasteiger partial charge in [0.2, 0.25) is 0 Å². The van der Waals surface area contributed by atoms with Crippen molar-refractivity contribution in [1.29, 1.82) is 5.26 Å². The van der Waals surface area contributed by atoms with Gasteiger partial charge in [-0.1, -0.05) is 29.8 Å². The first-order valence-corrected chi connectivity index (χ1v) is 5.74. The molecule has 3 heteroatoms. The highest BCUT2D eigenvalue weighted by molar-refractivity contribution is 9.10. The van der Waals surface area contributed by atoms with Gasteiger partial charge in [-0.15, -0.1) is 0 Å². The zero-order valence-electron chi connectivity index (χ0n) is 9.16. The molecule has 0 saturated heterocycles. The van der Waals surface area contributed by atoms with Crippen molar-refractivity contribution < 1.29 is 0 Å². The van der Waals surface area contributed by atoms with E-state index in [0.717, 1.165) is 15.7 Å². The number of hydrogen-bond donors (Lipinski definition) is 0. The Morgan fingerprint density at radius 3 is 2.44 bits per heavy atom. The van der Waals surface area contributed by atoms with Crippen molar-refractivity contribution in [3.8, 4) is 17.2 Å². The summed E-state index contributed by atoms with van der Waals surface area (Å²) in [6.45, 7) is 2.05. The molecular weight excluding hydrogens is 264 g/mol. The molecule has 2 aromatic rings. The Morgan fingerprint density at radius 1 is 1.25 bits per heavy atom. The zero-order chi connectivity index (χ0) is 11.7. The quantitative estimate of drug-likeness (QED) is 0.781. The number of hydrogen-bond acceptors (Lipinski definition) is 1. The maximum Gasteiger partial charge on any atom is 0.101 e. The van der Waals surface area contributed by atoms with Crippen LogP contribution in [0.25, 0.3) is 11.1 Å². The molecule has 0 aliphatic heterocycles. The second-order valence-corrected chi connectivity index (χ2v) is 4.55. The van der Waals surface area contributed by atoms with E-state index in [1.807, 2.05) is 29.9 Å². The second kappa shape index (κ2) is 4.15. The van der Waals surface area contributed by atoms with Crippen LogP contribution < -0.4 is 0 Å². The lowest BCUT2D eigenvalue weighted by molar-refractivity contribution is 0.902. The fourth-order valence-electron chi connectivity index (χ4n) is 1.68. The average molecular weight is 275 g/mol. The molecule has 0 aliphatic carbocycles. The Morgan fingerprint density at radius 2 is 1.88 bits per heavy atom. The van der Waals surface area contributed by atoms with Gasteiger partial charge in [-0.2, -0.15) is 5.26 Å². The Hall–Kier alpha value is -1.53. The molecule has 2 nitrogen and oxygen atoms in total. The topological polar surface area (TPSA) is 28.7 Å². The number of nitriles is 1. The predicted octanol–water partition coefficient (Wildman–Crippen LogP) is 3.63. The lowest BCUT2D eigenvalue weighted by atomic mass is 10.0. The van der Waals surface area contributed by atoms with Gasteiger partial charge in [0.1, 0.15) is 6.07 Å². The summed E-state index contributed by atoms with van der Waals surface area (Å²) >= 11 is 3.51. The largest absolute Gasteiger partial charge is 0.344 e. The summed E-state index contributed by atoms with van der Waals surface area (Å²) in [6, 6.07) is 10.4. The van der Waals surface area contributed by atoms with Crippen molar-refractivity contribution in [3.05, 3.63) is 46.2 Å². The smallest absolute Gasteiger partial charge is 0.101 e. The summed E-state index contributed by atoms with van der Waals surface area (Å²) in [5.41, 5.74) is 3.94. The summed E-state index contributed by atoms with van der Waals surface area (Å²) in [7, 11) is 1.92. The Bertz CT molecular complexity index is 559. The van der Waals surface area contributed by atoms with Gasteiger partial charge in [-0.3, -0.25) is 0 Å². The summed E-state index contributed by atoms with van der Waals surface area (Å²) in [4.78, 5) is 0. The lowest BCUT2D eigenvalue weighted by Gasteiger charge is -2.02. The van der Waals surface area contributed by atoms with Crippen LogP contribution in [-0.2, 0) is 7.05 Å². The molecule has 80 valence electrons. The summed E-state index contributed by atoms with van der Waals surface area (Å²) in [5, 5.41) is 9.09. The molecule has 2 rings (SSSR count). The number of rotatable bonds is 1. The second-order valence-electron chi connectivity index (χ2n) is 3.80. The van der Waals surface area contributed by atoms with E-state index in [1.54, 1.807) is 0 Å². The fourth-order valence-corrected chi connectivity index (χ4v) is 2.23. The summed E-state index contributed by atoms with van der Waals surface area (Å²) < 4.78 is 2.85. The molecule has 0 fully saturated rings. The first-order valence-electron chi connectivity index (χ1n) is 4.95. The van der Waals surface area contributed by atoms with Gasteiger partial charge in [0.15, 0.2) is 0 Å². The molecule has 1 heterocycles. The van der Waals surface area contributed by atoms with Crippen LogP contribution in [-0.4, -0.2) is 4.57 Å². The van der Waals surface area contributed by atoms with Gasteiger partial charge in [0.25, 0.3) is 0 Å². The van der Waals surface area contributed by atoms with E-state index in [1.165, 1.54) is 5.56 Å². The minimum atomic E-state index is 0.693. The molecule has 16 heavy (non-hydrogen) atoms. The third-order valence-electron chi connectivity index (χ3n) is 2.57. The van der Waals surface area contributed by atoms with Gasteiger partial charge < -0.3 is 4.57 Å². The molecule has 0 saturated carbocycles. The first-order chi connectivity index (χ1) is 7.63. The Labute approximate surface area is 103 Å². The van der Waals surface area contributed by atoms with Crippen molar-refractivity contribution in [2.45, 2.75) is 6.92 Å². The molecule has 0 bridgehead atoms. The molecule has 0 aliphatic rings. The van der Waals surface area contributed by atoms with Crippen LogP contribution in [0.4, 0.5) is 0 Å². The zero-order valence-corrected chi connectivity index (χ0v) is 10.7. The molecule has 0 radical (unpaired) electrons. The molecular formula is C13H11BrN2. The number of benzene rings is 1. The molecule has 0 unspecified atom stereocenters. The van der Waals surface area contributed by atoms with Crippen LogP contribution in [0.3, 0.4) is 0 Å². The van der Waals surface area contributed by atoms with E-state index in [9.17, 15) is 0 Å². The van der Waals surface area contributed by atoms with E-state index in [-0.39, 0.29) is 0 Å². The van der Waals surface area contributed by atoms with Gasteiger partial charge in [-0.05, 0) is 28.4 Å². The van der Waals surface area contributed by atoms with E-state index in [0.29, 0.717) is 5.56 Å². The van der Waals surface area contributed by atoms with Crippen LogP contribution in [0.15, 0.2) is 35.1 Å². The minimum absolute atomic E-state index is 0.693. The van der Waals surface area contributed by atoms with E-state index >= 15 is 0 Å². The van der Waals surface area contributed by atoms with Gasteiger partial charge in [-0.25, -0.2) is 0 Å². The molecule has 1 aromatic carbocycles. The van der Waals surface area contributed by atoms with Crippen LogP contribution in [0.2, 0.25) is 0 Å². The fraction of sp³-hybridized carbons (Fsp3) is 0.154. The third-order valence-corrected chi connectivity index (χ3v) is 3.52. The van der Waals surface area contributed by atoms with Crippen molar-refractivity contribution >= 4 is 15.9 Å². The minimum Gasteiger partial charge on any atom is -0.344 e. The first kappa shape index (κ1) is 11.0.